The fraction of sp³-hybridized carbons (Fsp3) is 0.237. The van der Waals surface area contributed by atoms with Crippen LogP contribution < -0.4 is 26.5 Å². The van der Waals surface area contributed by atoms with Crippen LogP contribution in [0.5, 0.6) is 5.75 Å². The highest BCUT2D eigenvalue weighted by atomic mass is 16.6. The number of fused-ring (bicyclic) bond motifs is 2. The van der Waals surface area contributed by atoms with E-state index in [4.69, 9.17) is 25.8 Å². The predicted octanol–water partition coefficient (Wildman–Crippen LogP) is 3.32. The number of benzene rings is 3. The van der Waals surface area contributed by atoms with E-state index in [0.29, 0.717) is 33.8 Å². The van der Waals surface area contributed by atoms with E-state index in [1.54, 1.807) is 98.5 Å². The largest absolute Gasteiger partial charge is 0.482 e. The minimum atomic E-state index is -0.613. The Morgan fingerprint density at radius 2 is 1.61 bits per heavy atom. The molecule has 3 aromatic carbocycles. The smallest absolute Gasteiger partial charge is 0.338 e. The van der Waals surface area contributed by atoms with E-state index >= 15 is 0 Å². The highest BCUT2D eigenvalue weighted by Gasteiger charge is 2.26. The average molecular weight is 734 g/mol. The van der Waals surface area contributed by atoms with E-state index in [2.05, 4.69) is 20.5 Å². The van der Waals surface area contributed by atoms with Crippen LogP contribution in [0, 0.1) is 0 Å². The number of ether oxygens (including phenoxy) is 3. The van der Waals surface area contributed by atoms with Crippen LogP contribution in [-0.4, -0.2) is 68.6 Å². The summed E-state index contributed by atoms with van der Waals surface area (Å²) in [4.78, 5) is 56.6. The molecule has 1 aliphatic rings. The van der Waals surface area contributed by atoms with Crippen molar-refractivity contribution < 1.29 is 33.4 Å². The van der Waals surface area contributed by atoms with Gasteiger partial charge < -0.3 is 30.2 Å². The number of methoxy groups -OCH3 is 1. The van der Waals surface area contributed by atoms with Crippen LogP contribution in [0.15, 0.2) is 90.2 Å². The van der Waals surface area contributed by atoms with E-state index in [-0.39, 0.29) is 49.4 Å². The SMILES string of the molecule is COC(=O)c1ccc(CN2C(=O)COc3ccc(CNC(=O)c4cc(/C(N)=N/N(N)Cc5ccc(C(=O)OC(C)(C)C)cc5)n5nccc5n4)cc32)cc1. The average Bonchev–Trinajstić information content (AvgIpc) is 3.63. The zero-order valence-corrected chi connectivity index (χ0v) is 30.1. The Hall–Kier alpha value is -6.81. The standard InChI is InChI=1S/C38H39N9O7/c1-38(2,3)54-37(51)27-12-7-24(8-13-27)21-46(40)44-34(39)30-18-28(43-32-15-16-42-47(30)32)35(49)41-19-25-9-14-31-29(17-25)45(33(48)22-53-31)20-23-5-10-26(11-6-23)36(50)52-4/h5-18H,19-22,40H2,1-4H3,(H2,39,44)(H,41,49). The number of amidine groups is 1. The molecule has 0 atom stereocenters. The molecule has 0 saturated heterocycles. The van der Waals surface area contributed by atoms with Gasteiger partial charge in [0, 0.05) is 12.6 Å². The molecule has 5 N–H and O–H groups in total. The molecule has 2 amide bonds. The van der Waals surface area contributed by atoms with Gasteiger partial charge in [-0.25, -0.2) is 30.0 Å². The number of hydrogen-bond acceptors (Lipinski definition) is 12. The molecular weight excluding hydrogens is 694 g/mol. The molecule has 0 unspecified atom stereocenters. The van der Waals surface area contributed by atoms with E-state index in [1.165, 1.54) is 23.9 Å². The Morgan fingerprint density at radius 1 is 0.944 bits per heavy atom. The number of aromatic nitrogens is 3. The molecule has 2 aromatic heterocycles. The van der Waals surface area contributed by atoms with Crippen LogP contribution >= 0.6 is 0 Å². The number of esters is 2. The van der Waals surface area contributed by atoms with Crippen LogP contribution in [0.3, 0.4) is 0 Å². The Balaban J connectivity index is 1.14. The summed E-state index contributed by atoms with van der Waals surface area (Å²) in [5.41, 5.74) is 10.1. The highest BCUT2D eigenvalue weighted by Crippen LogP contribution is 2.34. The highest BCUT2D eigenvalue weighted by molar-refractivity contribution is 6.00. The van der Waals surface area contributed by atoms with Crippen molar-refractivity contribution in [2.75, 3.05) is 18.6 Å². The van der Waals surface area contributed by atoms with Crippen LogP contribution in [0.25, 0.3) is 5.65 Å². The third kappa shape index (κ3) is 8.62. The summed E-state index contributed by atoms with van der Waals surface area (Å²) in [5, 5.41) is 12.6. The van der Waals surface area contributed by atoms with Crippen molar-refractivity contribution in [3.63, 3.8) is 0 Å². The molecule has 278 valence electrons. The normalized spacial score (nSPS) is 12.9. The van der Waals surface area contributed by atoms with E-state index in [0.717, 1.165) is 16.2 Å². The quantitative estimate of drug-likeness (QED) is 0.0587. The van der Waals surface area contributed by atoms with E-state index in [1.807, 2.05) is 0 Å². The van der Waals surface area contributed by atoms with Gasteiger partial charge in [-0.2, -0.15) is 5.10 Å². The van der Waals surface area contributed by atoms with Crippen LogP contribution in [0.4, 0.5) is 5.69 Å². The Kier molecular flexibility index (Phi) is 10.6. The number of hydrogen-bond donors (Lipinski definition) is 3. The molecule has 0 radical (unpaired) electrons. The molecule has 0 fully saturated rings. The van der Waals surface area contributed by atoms with Crippen molar-refractivity contribution in [1.29, 1.82) is 0 Å². The third-order valence-electron chi connectivity index (χ3n) is 8.16. The second kappa shape index (κ2) is 15.4. The summed E-state index contributed by atoms with van der Waals surface area (Å²) >= 11 is 0. The maximum Gasteiger partial charge on any atom is 0.338 e. The Morgan fingerprint density at radius 3 is 2.30 bits per heavy atom. The molecular formula is C38H39N9O7. The number of carbonyl (C=O) groups excluding carboxylic acids is 4. The molecule has 0 bridgehead atoms. The lowest BCUT2D eigenvalue weighted by Gasteiger charge is -2.30. The Bertz CT molecular complexity index is 2240. The number of nitrogens with one attached hydrogen (secondary N) is 1. The van der Waals surface area contributed by atoms with Crippen molar-refractivity contribution in [2.45, 2.75) is 46.0 Å². The molecule has 16 heteroatoms. The van der Waals surface area contributed by atoms with Crippen LogP contribution in [0.1, 0.15) is 74.4 Å². The second-order valence-corrected chi connectivity index (χ2v) is 13.4. The van der Waals surface area contributed by atoms with Crippen molar-refractivity contribution in [2.24, 2.45) is 16.7 Å². The predicted molar refractivity (Wildman–Crippen MR) is 197 cm³/mol. The van der Waals surface area contributed by atoms with Gasteiger partial charge >= 0.3 is 11.9 Å². The van der Waals surface area contributed by atoms with Gasteiger partial charge in [0.05, 0.1) is 43.2 Å². The summed E-state index contributed by atoms with van der Waals surface area (Å²) in [7, 11) is 1.31. The minimum Gasteiger partial charge on any atom is -0.482 e. The first-order valence-electron chi connectivity index (χ1n) is 16.8. The van der Waals surface area contributed by atoms with Gasteiger partial charge in [0.2, 0.25) is 0 Å². The minimum absolute atomic E-state index is 0.0209. The molecule has 0 saturated carbocycles. The zero-order chi connectivity index (χ0) is 38.6. The molecule has 3 heterocycles. The molecule has 1 aliphatic heterocycles. The van der Waals surface area contributed by atoms with Crippen molar-refractivity contribution in [3.05, 3.63) is 124 Å². The zero-order valence-electron chi connectivity index (χ0n) is 30.1. The number of nitrogens with two attached hydrogens (primary N) is 2. The summed E-state index contributed by atoms with van der Waals surface area (Å²) < 4.78 is 17.3. The van der Waals surface area contributed by atoms with Crippen molar-refractivity contribution >= 4 is 40.9 Å². The van der Waals surface area contributed by atoms with Gasteiger partial charge in [-0.1, -0.05) is 30.3 Å². The summed E-state index contributed by atoms with van der Waals surface area (Å²) in [6.07, 6.45) is 1.52. The van der Waals surface area contributed by atoms with Crippen LogP contribution in [-0.2, 0) is 33.9 Å². The fourth-order valence-electron chi connectivity index (χ4n) is 5.56. The van der Waals surface area contributed by atoms with Crippen molar-refractivity contribution in [1.82, 2.24) is 25.0 Å². The van der Waals surface area contributed by atoms with Crippen molar-refractivity contribution in [3.8, 4) is 5.75 Å². The molecule has 6 rings (SSSR count). The van der Waals surface area contributed by atoms with Gasteiger partial charge in [-0.15, -0.1) is 5.10 Å². The number of rotatable bonds is 11. The Labute approximate surface area is 310 Å². The first-order chi connectivity index (χ1) is 25.8. The van der Waals surface area contributed by atoms with Crippen LogP contribution in [0.2, 0.25) is 0 Å². The second-order valence-electron chi connectivity index (χ2n) is 13.4. The van der Waals surface area contributed by atoms with E-state index in [9.17, 15) is 19.2 Å². The molecule has 0 aliphatic carbocycles. The summed E-state index contributed by atoms with van der Waals surface area (Å²) in [6.45, 7) is 5.79. The van der Waals surface area contributed by atoms with Gasteiger partial charge in [0.15, 0.2) is 18.1 Å². The lowest BCUT2D eigenvalue weighted by Crippen LogP contribution is -2.38. The van der Waals surface area contributed by atoms with Gasteiger partial charge in [-0.05, 0) is 79.9 Å². The number of anilines is 1. The lowest BCUT2D eigenvalue weighted by atomic mass is 10.1. The summed E-state index contributed by atoms with van der Waals surface area (Å²) in [6, 6.07) is 22.0. The van der Waals surface area contributed by atoms with Gasteiger partial charge in [0.1, 0.15) is 22.7 Å². The lowest BCUT2D eigenvalue weighted by molar-refractivity contribution is -0.121. The molecule has 0 spiro atoms. The third-order valence-corrected chi connectivity index (χ3v) is 8.16. The first-order valence-corrected chi connectivity index (χ1v) is 16.8. The first kappa shape index (κ1) is 37.0. The topological polar surface area (TPSA) is 209 Å². The summed E-state index contributed by atoms with van der Waals surface area (Å²) in [5.74, 6) is 5.08. The van der Waals surface area contributed by atoms with Gasteiger partial charge in [0.25, 0.3) is 11.8 Å². The van der Waals surface area contributed by atoms with E-state index < -0.39 is 23.4 Å². The number of nitrogens with zero attached hydrogens (tertiary/aromatic N) is 6. The number of carbonyl (C=O) groups is 4. The van der Waals surface area contributed by atoms with Gasteiger partial charge in [-0.3, -0.25) is 9.59 Å². The monoisotopic (exact) mass is 733 g/mol. The molecule has 5 aromatic rings. The maximum atomic E-state index is 13.4. The molecule has 54 heavy (non-hydrogen) atoms. The number of amides is 2. The maximum absolute atomic E-state index is 13.4. The molecule has 16 nitrogen and oxygen atoms in total. The number of hydrazone groups is 1. The number of hydrazine groups is 1. The fourth-order valence-corrected chi connectivity index (χ4v) is 5.56.